The van der Waals surface area contributed by atoms with Crippen molar-refractivity contribution in [3.8, 4) is 5.75 Å². The fourth-order valence-electron chi connectivity index (χ4n) is 3.38. The normalized spacial score (nSPS) is 22.5. The molecule has 2 aliphatic rings. The van der Waals surface area contributed by atoms with E-state index in [4.69, 9.17) is 4.74 Å². The van der Waals surface area contributed by atoms with E-state index in [2.05, 4.69) is 10.6 Å². The highest BCUT2D eigenvalue weighted by Crippen LogP contribution is 2.30. The van der Waals surface area contributed by atoms with Crippen LogP contribution in [0, 0.1) is 5.82 Å². The Hall–Kier alpha value is -2.84. The molecule has 1 aromatic rings. The summed E-state index contributed by atoms with van der Waals surface area (Å²) in [5.74, 6) is -0.235. The van der Waals surface area contributed by atoms with E-state index in [0.717, 1.165) is 0 Å². The summed E-state index contributed by atoms with van der Waals surface area (Å²) < 4.78 is 18.9. The summed E-state index contributed by atoms with van der Waals surface area (Å²) in [6.07, 6.45) is 0.398. The molecule has 0 aliphatic carbocycles. The number of imide groups is 1. The number of benzene rings is 1. The molecule has 0 unspecified atom stereocenters. The van der Waals surface area contributed by atoms with Crippen molar-refractivity contribution in [2.75, 3.05) is 38.2 Å². The van der Waals surface area contributed by atoms with Crippen molar-refractivity contribution in [2.45, 2.75) is 25.3 Å². The summed E-state index contributed by atoms with van der Waals surface area (Å²) in [6.45, 7) is 3.70. The number of urea groups is 1. The minimum absolute atomic E-state index is 0.0731. The average Bonchev–Trinajstić information content (AvgIpc) is 2.92. The molecule has 2 aliphatic heterocycles. The van der Waals surface area contributed by atoms with E-state index in [1.165, 1.54) is 19.2 Å². The molecule has 8 nitrogen and oxygen atoms in total. The maximum absolute atomic E-state index is 13.6. The molecule has 3 rings (SSSR count). The van der Waals surface area contributed by atoms with Gasteiger partial charge in [-0.15, -0.1) is 0 Å². The molecule has 2 fully saturated rings. The molecule has 146 valence electrons. The smallest absolute Gasteiger partial charge is 0.322 e. The third-order valence-electron chi connectivity index (χ3n) is 5.07. The fraction of sp³-hybridized carbons (Fsp3) is 0.500. The highest BCUT2D eigenvalue weighted by Gasteiger charge is 2.42. The van der Waals surface area contributed by atoms with E-state index < -0.39 is 17.5 Å². The summed E-state index contributed by atoms with van der Waals surface area (Å²) >= 11 is 0. The first-order chi connectivity index (χ1) is 12.8. The number of ether oxygens (including phenoxy) is 1. The van der Waals surface area contributed by atoms with Gasteiger partial charge in [0.1, 0.15) is 17.1 Å². The van der Waals surface area contributed by atoms with Crippen LogP contribution in [0.5, 0.6) is 5.75 Å². The molecule has 27 heavy (non-hydrogen) atoms. The van der Waals surface area contributed by atoms with Crippen LogP contribution in [0.2, 0.25) is 0 Å². The van der Waals surface area contributed by atoms with Gasteiger partial charge in [-0.2, -0.15) is 0 Å². The molecule has 0 aromatic heterocycles. The first-order valence-electron chi connectivity index (χ1n) is 8.82. The second kappa shape index (κ2) is 7.42. The Morgan fingerprint density at radius 1 is 1.26 bits per heavy atom. The average molecular weight is 378 g/mol. The van der Waals surface area contributed by atoms with Gasteiger partial charge in [0.05, 0.1) is 12.8 Å². The molecule has 1 aromatic carbocycles. The second-order valence-electron chi connectivity index (χ2n) is 6.92. The molecule has 2 saturated heterocycles. The largest absolute Gasteiger partial charge is 0.495 e. The minimum Gasteiger partial charge on any atom is -0.495 e. The van der Waals surface area contributed by atoms with Crippen LogP contribution in [0.15, 0.2) is 18.2 Å². The lowest BCUT2D eigenvalue weighted by Crippen LogP contribution is -2.50. The Labute approximate surface area is 156 Å². The fourth-order valence-corrected chi connectivity index (χ4v) is 3.38. The number of carbonyl (C=O) groups is 3. The van der Waals surface area contributed by atoms with Gasteiger partial charge < -0.3 is 19.9 Å². The number of nitrogens with zero attached hydrogens (tertiary/aromatic N) is 2. The molecular formula is C18H23FN4O4. The Morgan fingerprint density at radius 3 is 2.56 bits per heavy atom. The van der Waals surface area contributed by atoms with Crippen molar-refractivity contribution in [3.05, 3.63) is 24.0 Å². The maximum Gasteiger partial charge on any atom is 0.322 e. The second-order valence-corrected chi connectivity index (χ2v) is 6.92. The molecule has 0 bridgehead atoms. The number of piperazine rings is 1. The maximum atomic E-state index is 13.6. The zero-order valence-corrected chi connectivity index (χ0v) is 15.4. The van der Waals surface area contributed by atoms with Gasteiger partial charge in [-0.1, -0.05) is 0 Å². The van der Waals surface area contributed by atoms with Crippen LogP contribution in [0.4, 0.5) is 14.9 Å². The van der Waals surface area contributed by atoms with Crippen LogP contribution >= 0.6 is 0 Å². The standard InChI is InChI=1S/C18H23FN4O4/c1-18(16(25)20-17(26)21-18)6-5-15(24)23-9-7-22(8-10-23)13-11-12(19)3-4-14(13)27-2/h3-4,11H,5-10H2,1-2H3,(H2,20,21,25,26)/t18-/m1/s1. The van der Waals surface area contributed by atoms with Crippen molar-refractivity contribution < 1.29 is 23.5 Å². The van der Waals surface area contributed by atoms with Crippen molar-refractivity contribution >= 4 is 23.5 Å². The number of halogens is 1. The molecule has 9 heteroatoms. The molecule has 1 atom stereocenters. The Morgan fingerprint density at radius 2 is 1.96 bits per heavy atom. The zero-order chi connectivity index (χ0) is 19.6. The van der Waals surface area contributed by atoms with E-state index >= 15 is 0 Å². The molecule has 0 radical (unpaired) electrons. The number of nitrogens with one attached hydrogen (secondary N) is 2. The SMILES string of the molecule is COc1ccc(F)cc1N1CCN(C(=O)CC[C@@]2(C)NC(=O)NC2=O)CC1. The van der Waals surface area contributed by atoms with Crippen LogP contribution in [-0.2, 0) is 9.59 Å². The van der Waals surface area contributed by atoms with Gasteiger partial charge in [0.2, 0.25) is 5.91 Å². The molecule has 2 heterocycles. The lowest BCUT2D eigenvalue weighted by Gasteiger charge is -2.37. The third-order valence-corrected chi connectivity index (χ3v) is 5.07. The van der Waals surface area contributed by atoms with E-state index in [1.54, 1.807) is 17.9 Å². The van der Waals surface area contributed by atoms with Gasteiger partial charge in [0.25, 0.3) is 5.91 Å². The van der Waals surface area contributed by atoms with Crippen LogP contribution in [0.1, 0.15) is 19.8 Å². The summed E-state index contributed by atoms with van der Waals surface area (Å²) in [7, 11) is 1.54. The van der Waals surface area contributed by atoms with Gasteiger partial charge in [-0.05, 0) is 25.5 Å². The van der Waals surface area contributed by atoms with E-state index in [0.29, 0.717) is 37.6 Å². The molecule has 0 spiro atoms. The van der Waals surface area contributed by atoms with E-state index in [9.17, 15) is 18.8 Å². The van der Waals surface area contributed by atoms with Gasteiger partial charge >= 0.3 is 6.03 Å². The Balaban J connectivity index is 1.55. The zero-order valence-electron chi connectivity index (χ0n) is 15.4. The summed E-state index contributed by atoms with van der Waals surface area (Å²) in [5.41, 5.74) is -0.383. The number of hydrogen-bond acceptors (Lipinski definition) is 5. The predicted molar refractivity (Wildman–Crippen MR) is 96.1 cm³/mol. The Bertz CT molecular complexity index is 764. The van der Waals surface area contributed by atoms with Gasteiger partial charge in [0.15, 0.2) is 0 Å². The third kappa shape index (κ3) is 3.96. The van der Waals surface area contributed by atoms with Crippen molar-refractivity contribution in [1.82, 2.24) is 15.5 Å². The highest BCUT2D eigenvalue weighted by atomic mass is 19.1. The van der Waals surface area contributed by atoms with Crippen LogP contribution in [-0.4, -0.2) is 61.6 Å². The predicted octanol–water partition coefficient (Wildman–Crippen LogP) is 0.861. The minimum atomic E-state index is -1.05. The lowest BCUT2D eigenvalue weighted by atomic mass is 9.96. The van der Waals surface area contributed by atoms with Gasteiger partial charge in [-0.3, -0.25) is 14.9 Å². The molecule has 0 saturated carbocycles. The molecular weight excluding hydrogens is 355 g/mol. The quantitative estimate of drug-likeness (QED) is 0.742. The number of anilines is 1. The number of amides is 4. The Kier molecular flexibility index (Phi) is 5.20. The molecule has 4 amide bonds. The summed E-state index contributed by atoms with van der Waals surface area (Å²) in [6, 6.07) is 3.83. The van der Waals surface area contributed by atoms with Crippen molar-refractivity contribution in [1.29, 1.82) is 0 Å². The molecule has 2 N–H and O–H groups in total. The number of methoxy groups -OCH3 is 1. The summed E-state index contributed by atoms with van der Waals surface area (Å²) in [5, 5.41) is 4.74. The number of hydrogen-bond donors (Lipinski definition) is 2. The van der Waals surface area contributed by atoms with Gasteiger partial charge in [0, 0.05) is 38.7 Å². The summed E-state index contributed by atoms with van der Waals surface area (Å²) in [4.78, 5) is 39.3. The van der Waals surface area contributed by atoms with Gasteiger partial charge in [-0.25, -0.2) is 9.18 Å². The lowest BCUT2D eigenvalue weighted by molar-refractivity contribution is -0.132. The first-order valence-corrected chi connectivity index (χ1v) is 8.82. The highest BCUT2D eigenvalue weighted by molar-refractivity contribution is 6.06. The van der Waals surface area contributed by atoms with E-state index in [-0.39, 0.29) is 24.6 Å². The number of rotatable bonds is 5. The monoisotopic (exact) mass is 378 g/mol. The first kappa shape index (κ1) is 18.9. The van der Waals surface area contributed by atoms with Crippen molar-refractivity contribution in [3.63, 3.8) is 0 Å². The topological polar surface area (TPSA) is 91.0 Å². The van der Waals surface area contributed by atoms with Crippen LogP contribution < -0.4 is 20.3 Å². The van der Waals surface area contributed by atoms with Crippen molar-refractivity contribution in [2.24, 2.45) is 0 Å². The van der Waals surface area contributed by atoms with E-state index in [1.807, 2.05) is 4.90 Å². The number of carbonyl (C=O) groups excluding carboxylic acids is 3. The van der Waals surface area contributed by atoms with Crippen LogP contribution in [0.3, 0.4) is 0 Å². The van der Waals surface area contributed by atoms with Crippen LogP contribution in [0.25, 0.3) is 0 Å².